The van der Waals surface area contributed by atoms with Crippen molar-refractivity contribution in [3.05, 3.63) is 35.9 Å². The number of hydrogen-bond donors (Lipinski definition) is 1. The Morgan fingerprint density at radius 3 is 2.63 bits per heavy atom. The van der Waals surface area contributed by atoms with Gasteiger partial charge in [0, 0.05) is 12.6 Å². The van der Waals surface area contributed by atoms with Crippen molar-refractivity contribution in [2.45, 2.75) is 45.1 Å². The van der Waals surface area contributed by atoms with Gasteiger partial charge in [-0.2, -0.15) is 5.26 Å². The summed E-state index contributed by atoms with van der Waals surface area (Å²) in [5, 5.41) is 13.0. The van der Waals surface area contributed by atoms with E-state index in [4.69, 9.17) is 0 Å². The maximum Gasteiger partial charge on any atom is 0.0837 e. The summed E-state index contributed by atoms with van der Waals surface area (Å²) >= 11 is 0. The van der Waals surface area contributed by atoms with E-state index in [0.717, 1.165) is 23.9 Å². The normalized spacial score (nSPS) is 27.9. The number of nitrogens with one attached hydrogen (secondary N) is 1. The lowest BCUT2D eigenvalue weighted by Gasteiger charge is -2.22. The van der Waals surface area contributed by atoms with E-state index in [2.05, 4.69) is 25.2 Å². The summed E-state index contributed by atoms with van der Waals surface area (Å²) in [6, 6.07) is 13.1. The van der Waals surface area contributed by atoms with E-state index in [0.29, 0.717) is 6.04 Å². The van der Waals surface area contributed by atoms with Crippen LogP contribution in [0.25, 0.3) is 0 Å². The first kappa shape index (κ1) is 14.1. The Bertz CT molecular complexity index is 421. The number of hydrogen-bond acceptors (Lipinski definition) is 2. The second kappa shape index (κ2) is 6.73. The molecule has 0 saturated heterocycles. The summed E-state index contributed by atoms with van der Waals surface area (Å²) in [5.41, 5.74) is 1.12. The molecular formula is C17H24N2. The van der Waals surface area contributed by atoms with Gasteiger partial charge in [-0.05, 0) is 30.2 Å². The molecule has 2 heteroatoms. The minimum atomic E-state index is -0.0333. The maximum atomic E-state index is 9.33. The van der Waals surface area contributed by atoms with Crippen LogP contribution < -0.4 is 5.32 Å². The van der Waals surface area contributed by atoms with Crippen LogP contribution in [-0.4, -0.2) is 12.6 Å². The van der Waals surface area contributed by atoms with Gasteiger partial charge in [0.1, 0.15) is 0 Å². The van der Waals surface area contributed by atoms with Crippen molar-refractivity contribution in [3.63, 3.8) is 0 Å². The molecule has 1 N–H and O–H groups in total. The van der Waals surface area contributed by atoms with Crippen molar-refractivity contribution in [1.29, 1.82) is 5.26 Å². The average molecular weight is 256 g/mol. The standard InChI is InChI=1S/C17H24N2/c1-3-14-9-10-17(13(14)2)19-12-16(11-18)15-7-5-4-6-8-15/h4-8,13-14,16-17,19H,3,9-10,12H2,1-2H3. The highest BCUT2D eigenvalue weighted by molar-refractivity contribution is 5.25. The quantitative estimate of drug-likeness (QED) is 0.871. The molecule has 1 aliphatic carbocycles. The molecule has 2 nitrogen and oxygen atoms in total. The van der Waals surface area contributed by atoms with Crippen LogP contribution in [0.5, 0.6) is 0 Å². The molecule has 0 amide bonds. The molecule has 0 spiro atoms. The Hall–Kier alpha value is -1.33. The zero-order valence-electron chi connectivity index (χ0n) is 12.0. The molecule has 0 aliphatic heterocycles. The lowest BCUT2D eigenvalue weighted by molar-refractivity contribution is 0.344. The van der Waals surface area contributed by atoms with E-state index < -0.39 is 0 Å². The van der Waals surface area contributed by atoms with E-state index in [1.165, 1.54) is 19.3 Å². The predicted molar refractivity (Wildman–Crippen MR) is 78.8 cm³/mol. The van der Waals surface area contributed by atoms with Crippen molar-refractivity contribution in [1.82, 2.24) is 5.32 Å². The molecule has 19 heavy (non-hydrogen) atoms. The minimum Gasteiger partial charge on any atom is -0.312 e. The Labute approximate surface area is 116 Å². The number of nitrogens with zero attached hydrogens (tertiary/aromatic N) is 1. The zero-order valence-corrected chi connectivity index (χ0v) is 12.0. The van der Waals surface area contributed by atoms with Gasteiger partial charge in [0.05, 0.1) is 12.0 Å². The second-order valence-electron chi connectivity index (χ2n) is 5.71. The predicted octanol–water partition coefficient (Wildman–Crippen LogP) is 3.71. The van der Waals surface area contributed by atoms with Crippen molar-refractivity contribution >= 4 is 0 Å². The summed E-state index contributed by atoms with van der Waals surface area (Å²) in [6.07, 6.45) is 3.87. The Balaban J connectivity index is 1.90. The fourth-order valence-corrected chi connectivity index (χ4v) is 3.30. The third-order valence-corrected chi connectivity index (χ3v) is 4.69. The van der Waals surface area contributed by atoms with Gasteiger partial charge < -0.3 is 5.32 Å². The highest BCUT2D eigenvalue weighted by atomic mass is 14.9. The molecule has 1 aromatic rings. The van der Waals surface area contributed by atoms with Gasteiger partial charge in [-0.3, -0.25) is 0 Å². The molecule has 0 bridgehead atoms. The van der Waals surface area contributed by atoms with Gasteiger partial charge >= 0.3 is 0 Å². The number of benzene rings is 1. The molecule has 0 radical (unpaired) electrons. The van der Waals surface area contributed by atoms with E-state index in [1.54, 1.807) is 0 Å². The first-order valence-electron chi connectivity index (χ1n) is 7.44. The molecule has 1 aromatic carbocycles. The highest BCUT2D eigenvalue weighted by Crippen LogP contribution is 2.34. The molecule has 1 saturated carbocycles. The largest absolute Gasteiger partial charge is 0.312 e. The summed E-state index contributed by atoms with van der Waals surface area (Å²) in [6.45, 7) is 5.40. The Kier molecular flexibility index (Phi) is 4.99. The van der Waals surface area contributed by atoms with Crippen LogP contribution in [0.4, 0.5) is 0 Å². The molecule has 2 rings (SSSR count). The zero-order chi connectivity index (χ0) is 13.7. The van der Waals surface area contributed by atoms with Gasteiger partial charge in [-0.25, -0.2) is 0 Å². The van der Waals surface area contributed by atoms with Crippen LogP contribution in [0.3, 0.4) is 0 Å². The van der Waals surface area contributed by atoms with Gasteiger partial charge in [0.2, 0.25) is 0 Å². The Morgan fingerprint density at radius 1 is 1.32 bits per heavy atom. The smallest absolute Gasteiger partial charge is 0.0837 e. The Morgan fingerprint density at radius 2 is 2.05 bits per heavy atom. The highest BCUT2D eigenvalue weighted by Gasteiger charge is 2.31. The van der Waals surface area contributed by atoms with Crippen molar-refractivity contribution in [2.24, 2.45) is 11.8 Å². The molecule has 4 atom stereocenters. The molecule has 1 fully saturated rings. The van der Waals surface area contributed by atoms with Crippen LogP contribution in [0.2, 0.25) is 0 Å². The molecule has 0 heterocycles. The third kappa shape index (κ3) is 3.36. The van der Waals surface area contributed by atoms with Crippen LogP contribution in [-0.2, 0) is 0 Å². The van der Waals surface area contributed by atoms with E-state index in [1.807, 2.05) is 30.3 Å². The topological polar surface area (TPSA) is 35.8 Å². The van der Waals surface area contributed by atoms with Gasteiger partial charge in [-0.1, -0.05) is 50.6 Å². The van der Waals surface area contributed by atoms with Crippen molar-refractivity contribution in [2.75, 3.05) is 6.54 Å². The average Bonchev–Trinajstić information content (AvgIpc) is 2.81. The van der Waals surface area contributed by atoms with Gasteiger partial charge in [0.25, 0.3) is 0 Å². The maximum absolute atomic E-state index is 9.33. The first-order valence-corrected chi connectivity index (χ1v) is 7.44. The summed E-state index contributed by atoms with van der Waals surface area (Å²) in [7, 11) is 0. The van der Waals surface area contributed by atoms with Crippen molar-refractivity contribution in [3.8, 4) is 6.07 Å². The van der Waals surface area contributed by atoms with Crippen LogP contribution >= 0.6 is 0 Å². The van der Waals surface area contributed by atoms with E-state index >= 15 is 0 Å². The summed E-state index contributed by atoms with van der Waals surface area (Å²) in [5.74, 6) is 1.56. The van der Waals surface area contributed by atoms with Crippen LogP contribution in [0.1, 0.15) is 44.6 Å². The monoisotopic (exact) mass is 256 g/mol. The van der Waals surface area contributed by atoms with Gasteiger partial charge in [0.15, 0.2) is 0 Å². The van der Waals surface area contributed by atoms with Crippen LogP contribution in [0, 0.1) is 23.2 Å². The summed E-state index contributed by atoms with van der Waals surface area (Å²) in [4.78, 5) is 0. The van der Waals surface area contributed by atoms with E-state index in [9.17, 15) is 5.26 Å². The number of nitriles is 1. The molecule has 1 aliphatic rings. The lowest BCUT2D eigenvalue weighted by atomic mass is 9.93. The minimum absolute atomic E-state index is 0.0333. The number of rotatable bonds is 5. The van der Waals surface area contributed by atoms with Crippen LogP contribution in [0.15, 0.2) is 30.3 Å². The molecule has 102 valence electrons. The fourth-order valence-electron chi connectivity index (χ4n) is 3.30. The molecule has 0 aromatic heterocycles. The molecule has 4 unspecified atom stereocenters. The van der Waals surface area contributed by atoms with E-state index in [-0.39, 0.29) is 5.92 Å². The lowest BCUT2D eigenvalue weighted by Crippen LogP contribution is -2.35. The van der Waals surface area contributed by atoms with Gasteiger partial charge in [-0.15, -0.1) is 0 Å². The first-order chi connectivity index (χ1) is 9.26. The fraction of sp³-hybridized carbons (Fsp3) is 0.588. The van der Waals surface area contributed by atoms with Crippen molar-refractivity contribution < 1.29 is 0 Å². The molecular weight excluding hydrogens is 232 g/mol. The third-order valence-electron chi connectivity index (χ3n) is 4.69. The SMILES string of the molecule is CCC1CCC(NCC(C#N)c2ccccc2)C1C. The summed E-state index contributed by atoms with van der Waals surface area (Å²) < 4.78 is 0. The second-order valence-corrected chi connectivity index (χ2v) is 5.71.